The molecule has 0 aromatic heterocycles. The molecule has 0 bridgehead atoms. The van der Waals surface area contributed by atoms with Gasteiger partial charge in [0.05, 0.1) is 5.60 Å². The van der Waals surface area contributed by atoms with Gasteiger partial charge in [-0.2, -0.15) is 0 Å². The van der Waals surface area contributed by atoms with Gasteiger partial charge in [-0.25, -0.2) is 0 Å². The zero-order chi connectivity index (χ0) is 12.4. The van der Waals surface area contributed by atoms with E-state index in [0.29, 0.717) is 5.54 Å². The molecule has 17 heavy (non-hydrogen) atoms. The second kappa shape index (κ2) is 5.25. The van der Waals surface area contributed by atoms with Crippen LogP contribution in [0, 0.1) is 0 Å². The molecule has 0 amide bonds. The summed E-state index contributed by atoms with van der Waals surface area (Å²) in [5, 5.41) is 14.0. The van der Waals surface area contributed by atoms with E-state index in [2.05, 4.69) is 24.2 Å². The van der Waals surface area contributed by atoms with Crippen molar-refractivity contribution in [2.24, 2.45) is 0 Å². The Balaban J connectivity index is 1.81. The molecule has 1 saturated heterocycles. The van der Waals surface area contributed by atoms with Crippen LogP contribution < -0.4 is 5.32 Å². The normalized spacial score (nSPS) is 29.1. The molecule has 2 fully saturated rings. The summed E-state index contributed by atoms with van der Waals surface area (Å²) in [5.41, 5.74) is -0.0721. The first-order chi connectivity index (χ1) is 8.05. The molecule has 0 aromatic carbocycles. The summed E-state index contributed by atoms with van der Waals surface area (Å²) in [7, 11) is 2.06. The van der Waals surface area contributed by atoms with Gasteiger partial charge < -0.3 is 15.3 Å². The van der Waals surface area contributed by atoms with E-state index >= 15 is 0 Å². The van der Waals surface area contributed by atoms with E-state index in [1.54, 1.807) is 0 Å². The third-order valence-corrected chi connectivity index (χ3v) is 4.87. The number of β-amino-alcohol motifs (C(OH)–C–C–N with tert-alkyl or cyclic N) is 1. The maximum Gasteiger partial charge on any atom is 0.0774 e. The van der Waals surface area contributed by atoms with Gasteiger partial charge in [-0.3, -0.25) is 0 Å². The average Bonchev–Trinajstić information content (AvgIpc) is 2.33. The Hall–Kier alpha value is -0.120. The van der Waals surface area contributed by atoms with Crippen LogP contribution in [-0.4, -0.2) is 47.8 Å². The number of nitrogens with zero attached hydrogens (tertiary/aromatic N) is 1. The van der Waals surface area contributed by atoms with Gasteiger partial charge in [0.25, 0.3) is 0 Å². The highest BCUT2D eigenvalue weighted by molar-refractivity contribution is 4.92. The minimum atomic E-state index is -0.383. The lowest BCUT2D eigenvalue weighted by Crippen LogP contribution is -2.53. The van der Waals surface area contributed by atoms with Crippen molar-refractivity contribution < 1.29 is 5.11 Å². The summed E-state index contributed by atoms with van der Waals surface area (Å²) >= 11 is 0. The minimum Gasteiger partial charge on any atom is -0.389 e. The monoisotopic (exact) mass is 240 g/mol. The van der Waals surface area contributed by atoms with Gasteiger partial charge in [0.15, 0.2) is 0 Å². The van der Waals surface area contributed by atoms with Gasteiger partial charge in [-0.1, -0.05) is 19.3 Å². The Morgan fingerprint density at radius 2 is 1.65 bits per heavy atom. The van der Waals surface area contributed by atoms with Crippen LogP contribution in [0.3, 0.4) is 0 Å². The molecule has 100 valence electrons. The Bertz CT molecular complexity index is 241. The predicted molar refractivity (Wildman–Crippen MR) is 71.2 cm³/mol. The zero-order valence-electron chi connectivity index (χ0n) is 11.5. The van der Waals surface area contributed by atoms with Crippen LogP contribution in [0.4, 0.5) is 0 Å². The van der Waals surface area contributed by atoms with Crippen LogP contribution >= 0.6 is 0 Å². The van der Waals surface area contributed by atoms with E-state index in [9.17, 15) is 5.11 Å². The van der Waals surface area contributed by atoms with Crippen molar-refractivity contribution >= 4 is 0 Å². The van der Waals surface area contributed by atoms with E-state index in [-0.39, 0.29) is 5.60 Å². The fourth-order valence-corrected chi connectivity index (χ4v) is 3.24. The number of aliphatic hydroxyl groups is 1. The standard InChI is InChI=1S/C14H28N2O/c1-13(15-2)8-10-16(11-9-13)12-14(17)6-4-3-5-7-14/h15,17H,3-12H2,1-2H3. The molecule has 0 spiro atoms. The third-order valence-electron chi connectivity index (χ3n) is 4.87. The van der Waals surface area contributed by atoms with Crippen molar-refractivity contribution in [3.63, 3.8) is 0 Å². The van der Waals surface area contributed by atoms with Crippen LogP contribution in [0.1, 0.15) is 51.9 Å². The number of hydrogen-bond acceptors (Lipinski definition) is 3. The molecular weight excluding hydrogens is 212 g/mol. The number of rotatable bonds is 3. The van der Waals surface area contributed by atoms with Crippen molar-refractivity contribution in [1.82, 2.24) is 10.2 Å². The molecule has 2 rings (SSSR count). The zero-order valence-corrected chi connectivity index (χ0v) is 11.5. The molecule has 1 saturated carbocycles. The number of likely N-dealkylation sites (tertiary alicyclic amines) is 1. The molecule has 3 heteroatoms. The molecule has 2 aliphatic rings. The van der Waals surface area contributed by atoms with E-state index in [4.69, 9.17) is 0 Å². The summed E-state index contributed by atoms with van der Waals surface area (Å²) < 4.78 is 0. The Kier molecular flexibility index (Phi) is 4.11. The molecule has 0 atom stereocenters. The lowest BCUT2D eigenvalue weighted by atomic mass is 9.83. The van der Waals surface area contributed by atoms with E-state index in [1.807, 2.05) is 0 Å². The average molecular weight is 240 g/mol. The SMILES string of the molecule is CNC1(C)CCN(CC2(O)CCCCC2)CC1. The van der Waals surface area contributed by atoms with Gasteiger partial charge in [-0.05, 0) is 52.7 Å². The second-order valence-corrected chi connectivity index (χ2v) is 6.37. The van der Waals surface area contributed by atoms with Crippen LogP contribution in [0.15, 0.2) is 0 Å². The molecule has 1 aliphatic heterocycles. The molecule has 1 heterocycles. The quantitative estimate of drug-likeness (QED) is 0.789. The smallest absolute Gasteiger partial charge is 0.0774 e. The Morgan fingerprint density at radius 3 is 2.18 bits per heavy atom. The van der Waals surface area contributed by atoms with Gasteiger partial charge in [-0.15, -0.1) is 0 Å². The van der Waals surface area contributed by atoms with Gasteiger partial charge in [0.2, 0.25) is 0 Å². The summed E-state index contributed by atoms with van der Waals surface area (Å²) in [4.78, 5) is 2.46. The number of piperidine rings is 1. The molecule has 0 aromatic rings. The maximum absolute atomic E-state index is 10.6. The van der Waals surface area contributed by atoms with Crippen LogP contribution in [0.5, 0.6) is 0 Å². The van der Waals surface area contributed by atoms with Gasteiger partial charge in [0, 0.05) is 12.1 Å². The van der Waals surface area contributed by atoms with E-state index in [1.165, 1.54) is 32.1 Å². The first-order valence-electron chi connectivity index (χ1n) is 7.19. The van der Waals surface area contributed by atoms with Crippen molar-refractivity contribution in [2.45, 2.75) is 63.0 Å². The molecule has 1 aliphatic carbocycles. The van der Waals surface area contributed by atoms with Crippen LogP contribution in [0.25, 0.3) is 0 Å². The van der Waals surface area contributed by atoms with Crippen molar-refractivity contribution in [1.29, 1.82) is 0 Å². The van der Waals surface area contributed by atoms with Crippen LogP contribution in [-0.2, 0) is 0 Å². The summed E-state index contributed by atoms with van der Waals surface area (Å²) in [6, 6.07) is 0. The maximum atomic E-state index is 10.6. The fourth-order valence-electron chi connectivity index (χ4n) is 3.24. The Labute approximate surface area is 106 Å². The number of nitrogens with one attached hydrogen (secondary N) is 1. The summed E-state index contributed by atoms with van der Waals surface area (Å²) in [5.74, 6) is 0. The van der Waals surface area contributed by atoms with Crippen molar-refractivity contribution in [3.05, 3.63) is 0 Å². The summed E-state index contributed by atoms with van der Waals surface area (Å²) in [6.45, 7) is 5.45. The number of hydrogen-bond donors (Lipinski definition) is 2. The molecule has 2 N–H and O–H groups in total. The predicted octanol–water partition coefficient (Wildman–Crippen LogP) is 1.76. The first-order valence-corrected chi connectivity index (χ1v) is 7.19. The lowest BCUT2D eigenvalue weighted by molar-refractivity contribution is -0.0345. The van der Waals surface area contributed by atoms with Gasteiger partial charge in [0.1, 0.15) is 0 Å². The highest BCUT2D eigenvalue weighted by Crippen LogP contribution is 2.30. The van der Waals surface area contributed by atoms with E-state index in [0.717, 1.165) is 32.5 Å². The Morgan fingerprint density at radius 1 is 1.06 bits per heavy atom. The molecule has 3 nitrogen and oxygen atoms in total. The minimum absolute atomic E-state index is 0.311. The lowest BCUT2D eigenvalue weighted by Gasteiger charge is -2.43. The van der Waals surface area contributed by atoms with Crippen molar-refractivity contribution in [3.8, 4) is 0 Å². The highest BCUT2D eigenvalue weighted by atomic mass is 16.3. The second-order valence-electron chi connectivity index (χ2n) is 6.37. The van der Waals surface area contributed by atoms with Crippen molar-refractivity contribution in [2.75, 3.05) is 26.7 Å². The largest absolute Gasteiger partial charge is 0.389 e. The van der Waals surface area contributed by atoms with Gasteiger partial charge >= 0.3 is 0 Å². The third kappa shape index (κ3) is 3.43. The highest BCUT2D eigenvalue weighted by Gasteiger charge is 2.34. The molecule has 0 radical (unpaired) electrons. The fraction of sp³-hybridized carbons (Fsp3) is 1.00. The molecular formula is C14H28N2O. The molecule has 0 unspecified atom stereocenters. The topological polar surface area (TPSA) is 35.5 Å². The van der Waals surface area contributed by atoms with Crippen LogP contribution in [0.2, 0.25) is 0 Å². The van der Waals surface area contributed by atoms with E-state index < -0.39 is 0 Å². The summed E-state index contributed by atoms with van der Waals surface area (Å²) in [6.07, 6.45) is 8.12. The first kappa shape index (κ1) is 13.3.